The Balaban J connectivity index is 1.47. The summed E-state index contributed by atoms with van der Waals surface area (Å²) in [5.41, 5.74) is 4.17. The minimum absolute atomic E-state index is 0.359. The van der Waals surface area contributed by atoms with E-state index in [0.29, 0.717) is 6.04 Å². The van der Waals surface area contributed by atoms with Crippen LogP contribution in [0.25, 0.3) is 0 Å². The number of rotatable bonds is 4. The molecule has 0 heterocycles. The number of fused-ring (bicyclic) bond motifs is 1. The molecule has 0 fully saturated rings. The summed E-state index contributed by atoms with van der Waals surface area (Å²) in [4.78, 5) is 0. The van der Waals surface area contributed by atoms with Crippen LogP contribution in [0.15, 0.2) is 54.6 Å². The van der Waals surface area contributed by atoms with Crippen LogP contribution >= 0.6 is 12.2 Å². The number of nitrogens with one attached hydrogen (secondary N) is 2. The van der Waals surface area contributed by atoms with E-state index in [1.165, 1.54) is 16.7 Å². The van der Waals surface area contributed by atoms with Gasteiger partial charge < -0.3 is 10.6 Å². The molecule has 2 aromatic carbocycles. The monoisotopic (exact) mass is 296 g/mol. The summed E-state index contributed by atoms with van der Waals surface area (Å²) in [6.45, 7) is 0.865. The molecule has 0 aliphatic heterocycles. The van der Waals surface area contributed by atoms with Crippen molar-refractivity contribution in [2.24, 2.45) is 0 Å². The summed E-state index contributed by atoms with van der Waals surface area (Å²) in [5.74, 6) is 0. The molecule has 108 valence electrons. The average Bonchev–Trinajstić information content (AvgIpc) is 2.92. The molecular weight excluding hydrogens is 276 g/mol. The lowest BCUT2D eigenvalue weighted by Crippen LogP contribution is -2.38. The fourth-order valence-electron chi connectivity index (χ4n) is 2.88. The predicted octanol–water partition coefficient (Wildman–Crippen LogP) is 3.38. The predicted molar refractivity (Wildman–Crippen MR) is 91.4 cm³/mol. The van der Waals surface area contributed by atoms with Crippen molar-refractivity contribution in [3.05, 3.63) is 71.3 Å². The van der Waals surface area contributed by atoms with Crippen LogP contribution in [0.4, 0.5) is 0 Å². The molecule has 2 aromatic rings. The van der Waals surface area contributed by atoms with Gasteiger partial charge >= 0.3 is 0 Å². The second-order valence-corrected chi connectivity index (χ2v) is 5.83. The van der Waals surface area contributed by atoms with Crippen molar-refractivity contribution in [1.29, 1.82) is 0 Å². The zero-order valence-electron chi connectivity index (χ0n) is 12.0. The van der Waals surface area contributed by atoms with Gasteiger partial charge in [0.25, 0.3) is 0 Å². The van der Waals surface area contributed by atoms with E-state index in [1.54, 1.807) is 0 Å². The molecule has 0 saturated heterocycles. The van der Waals surface area contributed by atoms with Gasteiger partial charge in [0, 0.05) is 6.54 Å². The van der Waals surface area contributed by atoms with Crippen molar-refractivity contribution in [1.82, 2.24) is 10.6 Å². The van der Waals surface area contributed by atoms with E-state index in [2.05, 4.69) is 59.2 Å². The molecule has 2 nitrogen and oxygen atoms in total. The SMILES string of the molecule is S=C(NCCc1ccccc1)NC1CCc2ccccc21. The Hall–Kier alpha value is -1.87. The Labute approximate surface area is 131 Å². The second kappa shape index (κ2) is 6.72. The standard InChI is InChI=1S/C18H20N2S/c21-18(19-13-12-14-6-2-1-3-7-14)20-17-11-10-15-8-4-5-9-16(15)17/h1-9,17H,10-13H2,(H2,19,20,21). The van der Waals surface area contributed by atoms with Gasteiger partial charge in [-0.25, -0.2) is 0 Å². The van der Waals surface area contributed by atoms with Gasteiger partial charge in [-0.2, -0.15) is 0 Å². The lowest BCUT2D eigenvalue weighted by atomic mass is 10.1. The Morgan fingerprint density at radius 3 is 2.67 bits per heavy atom. The second-order valence-electron chi connectivity index (χ2n) is 5.43. The van der Waals surface area contributed by atoms with Crippen molar-refractivity contribution in [3.63, 3.8) is 0 Å². The van der Waals surface area contributed by atoms with Crippen LogP contribution in [0.2, 0.25) is 0 Å². The van der Waals surface area contributed by atoms with Crippen LogP contribution in [-0.4, -0.2) is 11.7 Å². The molecule has 0 aromatic heterocycles. The molecule has 1 atom stereocenters. The maximum absolute atomic E-state index is 5.41. The highest BCUT2D eigenvalue weighted by atomic mass is 32.1. The van der Waals surface area contributed by atoms with Crippen molar-refractivity contribution in [3.8, 4) is 0 Å². The molecule has 3 heteroatoms. The van der Waals surface area contributed by atoms with Crippen LogP contribution in [0, 0.1) is 0 Å². The van der Waals surface area contributed by atoms with Gasteiger partial charge in [-0.3, -0.25) is 0 Å². The highest BCUT2D eigenvalue weighted by Gasteiger charge is 2.21. The summed E-state index contributed by atoms with van der Waals surface area (Å²) in [6.07, 6.45) is 3.25. The van der Waals surface area contributed by atoms with Crippen molar-refractivity contribution in [2.75, 3.05) is 6.54 Å². The summed E-state index contributed by atoms with van der Waals surface area (Å²) in [6, 6.07) is 19.5. The smallest absolute Gasteiger partial charge is 0.166 e. The molecule has 2 N–H and O–H groups in total. The van der Waals surface area contributed by atoms with Crippen LogP contribution in [0.3, 0.4) is 0 Å². The van der Waals surface area contributed by atoms with E-state index in [-0.39, 0.29) is 0 Å². The third kappa shape index (κ3) is 3.61. The largest absolute Gasteiger partial charge is 0.362 e. The number of benzene rings is 2. The summed E-state index contributed by atoms with van der Waals surface area (Å²) in [5, 5.41) is 7.51. The number of thiocarbonyl (C=S) groups is 1. The molecule has 0 amide bonds. The Morgan fingerprint density at radius 2 is 1.81 bits per heavy atom. The summed E-state index contributed by atoms with van der Waals surface area (Å²) < 4.78 is 0. The Morgan fingerprint density at radius 1 is 1.05 bits per heavy atom. The maximum Gasteiger partial charge on any atom is 0.166 e. The minimum atomic E-state index is 0.359. The van der Waals surface area contributed by atoms with Gasteiger partial charge in [0.1, 0.15) is 0 Å². The average molecular weight is 296 g/mol. The number of hydrogen-bond donors (Lipinski definition) is 2. The first-order valence-corrected chi connectivity index (χ1v) is 7.90. The van der Waals surface area contributed by atoms with Gasteiger partial charge in [0.2, 0.25) is 0 Å². The quantitative estimate of drug-likeness (QED) is 0.846. The zero-order valence-corrected chi connectivity index (χ0v) is 12.8. The van der Waals surface area contributed by atoms with Crippen LogP contribution in [0.1, 0.15) is 29.2 Å². The molecule has 1 aliphatic rings. The normalized spacial score (nSPS) is 16.3. The minimum Gasteiger partial charge on any atom is -0.362 e. The first-order valence-electron chi connectivity index (χ1n) is 7.49. The van der Waals surface area contributed by atoms with Gasteiger partial charge in [-0.15, -0.1) is 0 Å². The van der Waals surface area contributed by atoms with Crippen LogP contribution in [-0.2, 0) is 12.8 Å². The van der Waals surface area contributed by atoms with E-state index in [4.69, 9.17) is 12.2 Å². The fourth-order valence-corrected chi connectivity index (χ4v) is 3.13. The first-order chi connectivity index (χ1) is 10.3. The van der Waals surface area contributed by atoms with Gasteiger partial charge in [-0.1, -0.05) is 54.6 Å². The van der Waals surface area contributed by atoms with E-state index < -0.39 is 0 Å². The van der Waals surface area contributed by atoms with Crippen molar-refractivity contribution >= 4 is 17.3 Å². The van der Waals surface area contributed by atoms with E-state index >= 15 is 0 Å². The van der Waals surface area contributed by atoms with Crippen LogP contribution < -0.4 is 10.6 Å². The molecule has 0 radical (unpaired) electrons. The lowest BCUT2D eigenvalue weighted by Gasteiger charge is -2.17. The maximum atomic E-state index is 5.41. The highest BCUT2D eigenvalue weighted by Crippen LogP contribution is 2.30. The topological polar surface area (TPSA) is 24.1 Å². The molecule has 3 rings (SSSR count). The number of aryl methyl sites for hydroxylation is 1. The summed E-state index contributed by atoms with van der Waals surface area (Å²) in [7, 11) is 0. The molecular formula is C18H20N2S. The lowest BCUT2D eigenvalue weighted by molar-refractivity contribution is 0.630. The third-order valence-electron chi connectivity index (χ3n) is 3.98. The van der Waals surface area contributed by atoms with Gasteiger partial charge in [0.15, 0.2) is 5.11 Å². The molecule has 0 saturated carbocycles. The van der Waals surface area contributed by atoms with Crippen LogP contribution in [0.5, 0.6) is 0 Å². The van der Waals surface area contributed by atoms with Gasteiger partial charge in [-0.05, 0) is 48.2 Å². The van der Waals surface area contributed by atoms with Gasteiger partial charge in [0.05, 0.1) is 6.04 Å². The molecule has 1 aliphatic carbocycles. The Kier molecular flexibility index (Phi) is 4.51. The molecule has 0 bridgehead atoms. The first kappa shape index (κ1) is 14.1. The highest BCUT2D eigenvalue weighted by molar-refractivity contribution is 7.80. The summed E-state index contributed by atoms with van der Waals surface area (Å²) >= 11 is 5.41. The van der Waals surface area contributed by atoms with Crippen molar-refractivity contribution in [2.45, 2.75) is 25.3 Å². The number of hydrogen-bond acceptors (Lipinski definition) is 1. The van der Waals surface area contributed by atoms with E-state index in [9.17, 15) is 0 Å². The van der Waals surface area contributed by atoms with E-state index in [0.717, 1.165) is 30.9 Å². The zero-order chi connectivity index (χ0) is 14.5. The fraction of sp³-hybridized carbons (Fsp3) is 0.278. The van der Waals surface area contributed by atoms with E-state index in [1.807, 2.05) is 6.07 Å². The molecule has 21 heavy (non-hydrogen) atoms. The third-order valence-corrected chi connectivity index (χ3v) is 4.24. The Bertz CT molecular complexity index is 610. The molecule has 0 spiro atoms. The molecule has 1 unspecified atom stereocenters. The van der Waals surface area contributed by atoms with Crippen molar-refractivity contribution < 1.29 is 0 Å².